The van der Waals surface area contributed by atoms with E-state index in [1.165, 1.54) is 18.5 Å². The number of amides is 1. The largest absolute Gasteiger partial charge is 0.354 e. The minimum absolute atomic E-state index is 0.156. The maximum atomic E-state index is 13.4. The van der Waals surface area contributed by atoms with Crippen LogP contribution in [0.5, 0.6) is 0 Å². The molecule has 0 saturated heterocycles. The van der Waals surface area contributed by atoms with Gasteiger partial charge in [-0.25, -0.2) is 9.07 Å². The maximum absolute atomic E-state index is 13.4. The summed E-state index contributed by atoms with van der Waals surface area (Å²) < 4.78 is 16.1. The molecule has 28 heavy (non-hydrogen) atoms. The average Bonchev–Trinajstić information content (AvgIpc) is 3.07. The molecule has 0 aliphatic heterocycles. The molecule has 2 heterocycles. The van der Waals surface area contributed by atoms with E-state index in [4.69, 9.17) is 0 Å². The van der Waals surface area contributed by atoms with Gasteiger partial charge in [0.15, 0.2) is 0 Å². The fourth-order valence-electron chi connectivity index (χ4n) is 3.27. The molecule has 0 saturated carbocycles. The van der Waals surface area contributed by atoms with Gasteiger partial charge < -0.3 is 5.32 Å². The van der Waals surface area contributed by atoms with Crippen LogP contribution in [0.15, 0.2) is 65.7 Å². The number of nitrogens with zero attached hydrogens (tertiary/aromatic N) is 3. The molecule has 2 aromatic heterocycles. The zero-order valence-corrected chi connectivity index (χ0v) is 15.3. The second-order valence-electron chi connectivity index (χ2n) is 6.81. The molecule has 0 bridgehead atoms. The average molecular weight is 378 g/mol. The summed E-state index contributed by atoms with van der Waals surface area (Å²) in [6, 6.07) is 15.8. The number of halogens is 1. The standard InChI is InChI=1S/C21H19FN4O2/c1-14(15-5-3-2-4-6-15)11-23-20(27)12-26-21(28)19-10-16-9-17(22)7-8-18(16)25(19)13-24-26/h2-10,13-14H,11-12H2,1H3,(H,23,27)/t14-/m0/s1. The number of hydrogen-bond donors (Lipinski definition) is 1. The van der Waals surface area contributed by atoms with Gasteiger partial charge >= 0.3 is 0 Å². The Morgan fingerprint density at radius 1 is 1.14 bits per heavy atom. The highest BCUT2D eigenvalue weighted by atomic mass is 19.1. The van der Waals surface area contributed by atoms with Crippen LogP contribution < -0.4 is 10.9 Å². The van der Waals surface area contributed by atoms with Crippen LogP contribution >= 0.6 is 0 Å². The van der Waals surface area contributed by atoms with E-state index in [1.54, 1.807) is 16.5 Å². The highest BCUT2D eigenvalue weighted by molar-refractivity contribution is 5.86. The van der Waals surface area contributed by atoms with Crippen LogP contribution in [0.3, 0.4) is 0 Å². The summed E-state index contributed by atoms with van der Waals surface area (Å²) in [5.41, 5.74) is 1.77. The minimum Gasteiger partial charge on any atom is -0.354 e. The van der Waals surface area contributed by atoms with E-state index in [-0.39, 0.29) is 24.2 Å². The molecule has 1 N–H and O–H groups in total. The number of carbonyl (C=O) groups excluding carboxylic acids is 1. The number of nitrogens with one attached hydrogen (secondary N) is 1. The van der Waals surface area contributed by atoms with Crippen molar-refractivity contribution >= 4 is 22.3 Å². The van der Waals surface area contributed by atoms with Gasteiger partial charge in [-0.2, -0.15) is 5.10 Å². The Morgan fingerprint density at radius 2 is 1.93 bits per heavy atom. The van der Waals surface area contributed by atoms with Gasteiger partial charge in [-0.1, -0.05) is 37.3 Å². The summed E-state index contributed by atoms with van der Waals surface area (Å²) >= 11 is 0. The third-order valence-corrected chi connectivity index (χ3v) is 4.83. The first-order valence-corrected chi connectivity index (χ1v) is 9.01. The van der Waals surface area contributed by atoms with Crippen molar-refractivity contribution in [1.29, 1.82) is 0 Å². The van der Waals surface area contributed by atoms with Crippen LogP contribution in [0.4, 0.5) is 4.39 Å². The molecule has 1 atom stereocenters. The van der Waals surface area contributed by atoms with E-state index in [2.05, 4.69) is 10.4 Å². The summed E-state index contributed by atoms with van der Waals surface area (Å²) in [4.78, 5) is 25.0. The first-order chi connectivity index (χ1) is 13.5. The molecular formula is C21H19FN4O2. The normalized spacial score (nSPS) is 12.4. The zero-order chi connectivity index (χ0) is 19.7. The van der Waals surface area contributed by atoms with Gasteiger partial charge in [0.25, 0.3) is 5.56 Å². The first-order valence-electron chi connectivity index (χ1n) is 9.01. The van der Waals surface area contributed by atoms with E-state index in [0.29, 0.717) is 23.0 Å². The molecule has 4 aromatic rings. The van der Waals surface area contributed by atoms with Gasteiger partial charge in [-0.3, -0.25) is 14.0 Å². The highest BCUT2D eigenvalue weighted by Crippen LogP contribution is 2.18. The van der Waals surface area contributed by atoms with Crippen molar-refractivity contribution in [3.63, 3.8) is 0 Å². The second-order valence-corrected chi connectivity index (χ2v) is 6.81. The number of fused-ring (bicyclic) bond motifs is 3. The molecule has 7 heteroatoms. The number of rotatable bonds is 5. The van der Waals surface area contributed by atoms with Gasteiger partial charge in [0.05, 0.1) is 5.52 Å². The van der Waals surface area contributed by atoms with Gasteiger partial charge in [-0.05, 0) is 35.7 Å². The summed E-state index contributed by atoms with van der Waals surface area (Å²) in [7, 11) is 0. The molecule has 1 amide bonds. The Bertz CT molecular complexity index is 1210. The second kappa shape index (κ2) is 7.26. The fraction of sp³-hybridized carbons (Fsp3) is 0.190. The summed E-state index contributed by atoms with van der Waals surface area (Å²) in [5, 5.41) is 7.54. The first kappa shape index (κ1) is 17.9. The van der Waals surface area contributed by atoms with Crippen molar-refractivity contribution in [2.75, 3.05) is 6.54 Å². The highest BCUT2D eigenvalue weighted by Gasteiger charge is 2.13. The SMILES string of the molecule is C[C@@H](CNC(=O)Cn1ncn2c(cc3cc(F)ccc32)c1=O)c1ccccc1. The van der Waals surface area contributed by atoms with Crippen LogP contribution in [-0.4, -0.2) is 26.6 Å². The fourth-order valence-corrected chi connectivity index (χ4v) is 3.27. The Labute approximate surface area is 160 Å². The smallest absolute Gasteiger partial charge is 0.291 e. The third-order valence-electron chi connectivity index (χ3n) is 4.83. The minimum atomic E-state index is -0.398. The van der Waals surface area contributed by atoms with Crippen molar-refractivity contribution < 1.29 is 9.18 Å². The molecule has 0 aliphatic rings. The zero-order valence-electron chi connectivity index (χ0n) is 15.3. The Kier molecular flexibility index (Phi) is 4.65. The van der Waals surface area contributed by atoms with E-state index < -0.39 is 5.56 Å². The van der Waals surface area contributed by atoms with Crippen molar-refractivity contribution in [2.45, 2.75) is 19.4 Å². The Morgan fingerprint density at radius 3 is 2.71 bits per heavy atom. The van der Waals surface area contributed by atoms with Gasteiger partial charge in [0.1, 0.15) is 24.2 Å². The molecule has 6 nitrogen and oxygen atoms in total. The van der Waals surface area contributed by atoms with Crippen molar-refractivity contribution in [3.8, 4) is 0 Å². The van der Waals surface area contributed by atoms with Crippen LogP contribution in [0.1, 0.15) is 18.4 Å². The van der Waals surface area contributed by atoms with Crippen molar-refractivity contribution in [1.82, 2.24) is 19.5 Å². The molecule has 0 unspecified atom stereocenters. The lowest BCUT2D eigenvalue weighted by molar-refractivity contribution is -0.121. The van der Waals surface area contributed by atoms with Crippen LogP contribution in [-0.2, 0) is 11.3 Å². The van der Waals surface area contributed by atoms with E-state index in [1.807, 2.05) is 37.3 Å². The third kappa shape index (κ3) is 3.38. The van der Waals surface area contributed by atoms with Gasteiger partial charge in [-0.15, -0.1) is 0 Å². The predicted molar refractivity (Wildman–Crippen MR) is 105 cm³/mol. The summed E-state index contributed by atoms with van der Waals surface area (Å²) in [5.74, 6) is -0.504. The van der Waals surface area contributed by atoms with Crippen LogP contribution in [0, 0.1) is 5.82 Å². The molecular weight excluding hydrogens is 359 g/mol. The van der Waals surface area contributed by atoms with Crippen LogP contribution in [0.2, 0.25) is 0 Å². The maximum Gasteiger partial charge on any atom is 0.291 e. The molecule has 0 radical (unpaired) electrons. The quantitative estimate of drug-likeness (QED) is 0.581. The number of carbonyl (C=O) groups is 1. The van der Waals surface area contributed by atoms with Crippen LogP contribution in [0.25, 0.3) is 16.4 Å². The van der Waals surface area contributed by atoms with Crippen molar-refractivity contribution in [3.05, 3.63) is 82.7 Å². The monoisotopic (exact) mass is 378 g/mol. The molecule has 0 fully saturated rings. The molecule has 0 aliphatic carbocycles. The summed E-state index contributed by atoms with van der Waals surface area (Å²) in [6.07, 6.45) is 1.47. The van der Waals surface area contributed by atoms with E-state index in [9.17, 15) is 14.0 Å². The lowest BCUT2D eigenvalue weighted by atomic mass is 10.0. The van der Waals surface area contributed by atoms with Gasteiger partial charge in [0.2, 0.25) is 5.91 Å². The molecule has 2 aromatic carbocycles. The van der Waals surface area contributed by atoms with Gasteiger partial charge in [0, 0.05) is 11.9 Å². The van der Waals surface area contributed by atoms with E-state index in [0.717, 1.165) is 10.2 Å². The molecule has 142 valence electrons. The molecule has 4 rings (SSSR count). The number of hydrogen-bond acceptors (Lipinski definition) is 3. The topological polar surface area (TPSA) is 68.4 Å². The lowest BCUT2D eigenvalue weighted by Crippen LogP contribution is -2.35. The van der Waals surface area contributed by atoms with E-state index >= 15 is 0 Å². The van der Waals surface area contributed by atoms with Crippen molar-refractivity contribution in [2.24, 2.45) is 0 Å². The Balaban J connectivity index is 1.51. The number of aromatic nitrogens is 3. The lowest BCUT2D eigenvalue weighted by Gasteiger charge is -2.13. The Hall–Kier alpha value is -3.48. The molecule has 0 spiro atoms. The summed E-state index contributed by atoms with van der Waals surface area (Å²) in [6.45, 7) is 2.32. The predicted octanol–water partition coefficient (Wildman–Crippen LogP) is 2.71. The number of benzene rings is 2.